The minimum absolute atomic E-state index is 0.00699. The Hall–Kier alpha value is -4.08. The Bertz CT molecular complexity index is 1010. The first-order valence-electron chi connectivity index (χ1n) is 11.4. The van der Waals surface area contributed by atoms with Gasteiger partial charge in [-0.25, -0.2) is 9.59 Å². The van der Waals surface area contributed by atoms with Gasteiger partial charge >= 0.3 is 18.0 Å². The summed E-state index contributed by atoms with van der Waals surface area (Å²) in [5, 5.41) is 4.82. The fourth-order valence-corrected chi connectivity index (χ4v) is 2.93. The Balaban J connectivity index is 1.99. The van der Waals surface area contributed by atoms with Gasteiger partial charge in [0.1, 0.15) is 31.0 Å². The van der Waals surface area contributed by atoms with Gasteiger partial charge in [0, 0.05) is 0 Å². The summed E-state index contributed by atoms with van der Waals surface area (Å²) in [6, 6.07) is 13.5. The average Bonchev–Trinajstić information content (AvgIpc) is 2.86. The van der Waals surface area contributed by atoms with Gasteiger partial charge in [-0.2, -0.15) is 0 Å². The second kappa shape index (κ2) is 14.3. The fourth-order valence-electron chi connectivity index (χ4n) is 2.93. The van der Waals surface area contributed by atoms with Crippen molar-refractivity contribution in [3.63, 3.8) is 0 Å². The largest absolute Gasteiger partial charge is 0.497 e. The molecule has 0 bridgehead atoms. The number of nitrogens with one attached hydrogen (secondary N) is 2. The van der Waals surface area contributed by atoms with E-state index in [0.29, 0.717) is 11.3 Å². The van der Waals surface area contributed by atoms with Crippen LogP contribution in [0.15, 0.2) is 54.6 Å². The van der Waals surface area contributed by atoms with Crippen LogP contribution in [0.25, 0.3) is 0 Å². The summed E-state index contributed by atoms with van der Waals surface area (Å²) < 4.78 is 20.6. The SMILES string of the molecule is COc1ccc(COC(=O)N[C@@H](CC(=O)OCc2ccccc2)C(=O)N[C@H](C)C(=O)OC(C)C)cc1. The standard InChI is InChI=1S/C26H32N2O8/c1-17(2)36-25(31)18(3)27-24(30)22(14-23(29)34-15-19-8-6-5-7-9-19)28-26(32)35-16-20-10-12-21(33-4)13-11-20/h5-13,17-18,22H,14-16H2,1-4H3,(H,27,30)(H,28,32)/t18-,22+/m1/s1. The van der Waals surface area contributed by atoms with Crippen molar-refractivity contribution in [3.8, 4) is 5.75 Å². The van der Waals surface area contributed by atoms with E-state index in [-0.39, 0.29) is 19.3 Å². The molecular weight excluding hydrogens is 468 g/mol. The first kappa shape index (κ1) is 28.2. The third kappa shape index (κ3) is 10.0. The lowest BCUT2D eigenvalue weighted by Crippen LogP contribution is -2.52. The molecule has 36 heavy (non-hydrogen) atoms. The molecule has 0 saturated carbocycles. The van der Waals surface area contributed by atoms with Crippen molar-refractivity contribution in [1.82, 2.24) is 10.6 Å². The van der Waals surface area contributed by atoms with Gasteiger partial charge in [0.25, 0.3) is 0 Å². The minimum Gasteiger partial charge on any atom is -0.497 e. The number of hydrogen-bond acceptors (Lipinski definition) is 8. The van der Waals surface area contributed by atoms with Crippen molar-refractivity contribution in [1.29, 1.82) is 0 Å². The van der Waals surface area contributed by atoms with Crippen LogP contribution in [-0.2, 0) is 41.8 Å². The van der Waals surface area contributed by atoms with Gasteiger partial charge in [-0.3, -0.25) is 9.59 Å². The molecule has 2 aromatic carbocycles. The highest BCUT2D eigenvalue weighted by Gasteiger charge is 2.28. The Morgan fingerprint density at radius 3 is 2.03 bits per heavy atom. The Morgan fingerprint density at radius 2 is 1.42 bits per heavy atom. The first-order chi connectivity index (χ1) is 17.2. The van der Waals surface area contributed by atoms with E-state index in [4.69, 9.17) is 18.9 Å². The number of alkyl carbamates (subject to hydrolysis) is 1. The molecule has 0 heterocycles. The molecular formula is C26H32N2O8. The van der Waals surface area contributed by atoms with E-state index in [0.717, 1.165) is 5.56 Å². The highest BCUT2D eigenvalue weighted by molar-refractivity contribution is 5.92. The van der Waals surface area contributed by atoms with Crippen molar-refractivity contribution in [2.45, 2.75) is 58.6 Å². The van der Waals surface area contributed by atoms with Gasteiger partial charge < -0.3 is 29.6 Å². The zero-order valence-corrected chi connectivity index (χ0v) is 20.8. The number of esters is 2. The summed E-state index contributed by atoms with van der Waals surface area (Å²) >= 11 is 0. The van der Waals surface area contributed by atoms with E-state index in [1.165, 1.54) is 6.92 Å². The third-order valence-electron chi connectivity index (χ3n) is 4.82. The van der Waals surface area contributed by atoms with Gasteiger partial charge in [0.15, 0.2) is 0 Å². The van der Waals surface area contributed by atoms with Crippen LogP contribution in [0.1, 0.15) is 38.3 Å². The first-order valence-corrected chi connectivity index (χ1v) is 11.4. The number of carbonyl (C=O) groups excluding carboxylic acids is 4. The highest BCUT2D eigenvalue weighted by Crippen LogP contribution is 2.12. The van der Waals surface area contributed by atoms with E-state index in [2.05, 4.69) is 10.6 Å². The van der Waals surface area contributed by atoms with Crippen molar-refractivity contribution >= 4 is 23.9 Å². The monoisotopic (exact) mass is 500 g/mol. The zero-order valence-electron chi connectivity index (χ0n) is 20.8. The molecule has 10 heteroatoms. The summed E-state index contributed by atoms with van der Waals surface area (Å²) in [6.45, 7) is 4.74. The molecule has 0 fully saturated rings. The number of rotatable bonds is 12. The summed E-state index contributed by atoms with van der Waals surface area (Å²) in [6.07, 6.45) is -1.76. The van der Waals surface area contributed by atoms with Crippen LogP contribution in [0, 0.1) is 0 Å². The predicted molar refractivity (Wildman–Crippen MR) is 130 cm³/mol. The molecule has 2 amide bonds. The van der Waals surface area contributed by atoms with Crippen molar-refractivity contribution < 1.29 is 38.1 Å². The molecule has 2 N–H and O–H groups in total. The topological polar surface area (TPSA) is 129 Å². The number of ether oxygens (including phenoxy) is 4. The maximum absolute atomic E-state index is 12.8. The van der Waals surface area contributed by atoms with E-state index in [1.807, 2.05) is 6.07 Å². The highest BCUT2D eigenvalue weighted by atomic mass is 16.6. The zero-order chi connectivity index (χ0) is 26.5. The van der Waals surface area contributed by atoms with Gasteiger partial charge in [0.2, 0.25) is 5.91 Å². The second-order valence-electron chi connectivity index (χ2n) is 8.19. The summed E-state index contributed by atoms with van der Waals surface area (Å²) in [7, 11) is 1.54. The smallest absolute Gasteiger partial charge is 0.408 e. The third-order valence-corrected chi connectivity index (χ3v) is 4.82. The van der Waals surface area contributed by atoms with Crippen molar-refractivity contribution in [3.05, 3.63) is 65.7 Å². The molecule has 10 nitrogen and oxygen atoms in total. The lowest BCUT2D eigenvalue weighted by Gasteiger charge is -2.21. The van der Waals surface area contributed by atoms with Gasteiger partial charge in [-0.05, 0) is 44.0 Å². The maximum atomic E-state index is 12.8. The van der Waals surface area contributed by atoms with Crippen LogP contribution >= 0.6 is 0 Å². The number of methoxy groups -OCH3 is 1. The minimum atomic E-state index is -1.34. The van der Waals surface area contributed by atoms with Gasteiger partial charge in [0.05, 0.1) is 19.6 Å². The van der Waals surface area contributed by atoms with Crippen LogP contribution < -0.4 is 15.4 Å². The fraction of sp³-hybridized carbons (Fsp3) is 0.385. The van der Waals surface area contributed by atoms with Crippen LogP contribution in [0.5, 0.6) is 5.75 Å². The molecule has 2 aromatic rings. The van der Waals surface area contributed by atoms with Crippen LogP contribution in [-0.4, -0.2) is 49.2 Å². The molecule has 0 aliphatic rings. The molecule has 0 aromatic heterocycles. The lowest BCUT2D eigenvalue weighted by atomic mass is 10.1. The molecule has 2 rings (SSSR count). The average molecular weight is 501 g/mol. The van der Waals surface area contributed by atoms with E-state index in [1.54, 1.807) is 69.5 Å². The van der Waals surface area contributed by atoms with Crippen LogP contribution in [0.4, 0.5) is 4.79 Å². The molecule has 0 unspecified atom stereocenters. The van der Waals surface area contributed by atoms with Gasteiger partial charge in [-0.1, -0.05) is 42.5 Å². The van der Waals surface area contributed by atoms with Gasteiger partial charge in [-0.15, -0.1) is 0 Å². The molecule has 0 aliphatic heterocycles. The normalized spacial score (nSPS) is 12.1. The number of benzene rings is 2. The van der Waals surface area contributed by atoms with Crippen molar-refractivity contribution in [2.24, 2.45) is 0 Å². The quantitative estimate of drug-likeness (QED) is 0.336. The number of amides is 2. The van der Waals surface area contributed by atoms with E-state index < -0.39 is 42.4 Å². The molecule has 194 valence electrons. The number of hydrogen-bond donors (Lipinski definition) is 2. The van der Waals surface area contributed by atoms with Crippen LogP contribution in [0.3, 0.4) is 0 Å². The molecule has 2 atom stereocenters. The van der Waals surface area contributed by atoms with E-state index >= 15 is 0 Å². The number of carbonyl (C=O) groups is 4. The maximum Gasteiger partial charge on any atom is 0.408 e. The predicted octanol–water partition coefficient (Wildman–Crippen LogP) is 2.88. The Kier molecular flexibility index (Phi) is 11.2. The Morgan fingerprint density at radius 1 is 0.806 bits per heavy atom. The van der Waals surface area contributed by atoms with E-state index in [9.17, 15) is 19.2 Å². The summed E-state index contributed by atoms with van der Waals surface area (Å²) in [5.41, 5.74) is 1.46. The summed E-state index contributed by atoms with van der Waals surface area (Å²) in [4.78, 5) is 49.7. The van der Waals surface area contributed by atoms with Crippen molar-refractivity contribution in [2.75, 3.05) is 7.11 Å². The molecule has 0 spiro atoms. The van der Waals surface area contributed by atoms with Crippen LogP contribution in [0.2, 0.25) is 0 Å². The summed E-state index contributed by atoms with van der Waals surface area (Å²) in [5.74, 6) is -1.47. The Labute approximate surface area is 210 Å². The second-order valence-corrected chi connectivity index (χ2v) is 8.19. The molecule has 0 radical (unpaired) electrons. The molecule has 0 aliphatic carbocycles. The lowest BCUT2D eigenvalue weighted by molar-refractivity contribution is -0.151. The molecule has 0 saturated heterocycles.